The van der Waals surface area contributed by atoms with Gasteiger partial charge in [0.25, 0.3) is 0 Å². The zero-order valence-corrected chi connectivity index (χ0v) is 17.7. The fraction of sp³-hybridized carbons (Fsp3) is 0.318. The second-order valence-corrected chi connectivity index (χ2v) is 7.14. The number of benzene rings is 2. The third-order valence-corrected chi connectivity index (χ3v) is 4.73. The van der Waals surface area contributed by atoms with E-state index in [0.717, 1.165) is 0 Å². The molecule has 0 spiro atoms. The molecule has 2 N–H and O–H groups in total. The third kappa shape index (κ3) is 7.11. The molecule has 30 heavy (non-hydrogen) atoms. The van der Waals surface area contributed by atoms with Crippen LogP contribution in [0.5, 0.6) is 5.75 Å². The summed E-state index contributed by atoms with van der Waals surface area (Å²) >= 11 is 3.86. The maximum atomic E-state index is 12.5. The summed E-state index contributed by atoms with van der Waals surface area (Å²) in [6, 6.07) is 12.8. The van der Waals surface area contributed by atoms with E-state index in [9.17, 15) is 19.5 Å². The van der Waals surface area contributed by atoms with E-state index in [0.29, 0.717) is 23.2 Å². The van der Waals surface area contributed by atoms with Crippen LogP contribution in [0.1, 0.15) is 42.3 Å². The Balaban J connectivity index is 2.07. The Labute approximate surface area is 180 Å². The van der Waals surface area contributed by atoms with Crippen molar-refractivity contribution in [2.45, 2.75) is 26.4 Å². The van der Waals surface area contributed by atoms with Crippen LogP contribution in [-0.2, 0) is 14.3 Å². The molecule has 1 amide bonds. The standard InChI is InChI=1S/C22H25NO6S/c1-14(11-12-28-20(26)13-30)21(17-5-9-19(25)10-6-17)29-22(27)23-18-7-3-16(4-8-18)15(2)24/h3-10,14,21,25,30H,11-13H2,1-2H3,(H,23,27)/t14-,21-/m0/s1. The Kier molecular flexibility index (Phi) is 8.73. The Morgan fingerprint density at radius 2 is 1.70 bits per heavy atom. The van der Waals surface area contributed by atoms with Crippen LogP contribution in [0.3, 0.4) is 0 Å². The molecule has 2 aromatic rings. The molecule has 0 saturated carbocycles. The number of anilines is 1. The smallest absolute Gasteiger partial charge is 0.412 e. The van der Waals surface area contributed by atoms with Crippen molar-refractivity contribution in [2.24, 2.45) is 5.92 Å². The number of ketones is 1. The lowest BCUT2D eigenvalue weighted by Gasteiger charge is -2.25. The van der Waals surface area contributed by atoms with Crippen LogP contribution in [0.4, 0.5) is 10.5 Å². The summed E-state index contributed by atoms with van der Waals surface area (Å²) in [4.78, 5) is 35.1. The molecule has 0 aromatic heterocycles. The average molecular weight is 432 g/mol. The zero-order valence-electron chi connectivity index (χ0n) is 16.8. The zero-order chi connectivity index (χ0) is 22.1. The summed E-state index contributed by atoms with van der Waals surface area (Å²) in [5.41, 5.74) is 1.73. The van der Waals surface area contributed by atoms with Crippen molar-refractivity contribution in [1.82, 2.24) is 0 Å². The summed E-state index contributed by atoms with van der Waals surface area (Å²) in [6.07, 6.45) is -0.828. The van der Waals surface area contributed by atoms with Crippen molar-refractivity contribution in [2.75, 3.05) is 17.7 Å². The van der Waals surface area contributed by atoms with Crippen molar-refractivity contribution in [3.63, 3.8) is 0 Å². The molecular formula is C22H25NO6S. The highest BCUT2D eigenvalue weighted by Gasteiger charge is 2.24. The molecule has 0 aliphatic carbocycles. The Bertz CT molecular complexity index is 866. The highest BCUT2D eigenvalue weighted by molar-refractivity contribution is 7.81. The number of phenols is 1. The first kappa shape index (κ1) is 23.3. The minimum atomic E-state index is -0.664. The van der Waals surface area contributed by atoms with Crippen molar-refractivity contribution in [3.05, 3.63) is 59.7 Å². The first-order valence-corrected chi connectivity index (χ1v) is 10.1. The Hall–Kier alpha value is -3.00. The number of rotatable bonds is 9. The van der Waals surface area contributed by atoms with E-state index >= 15 is 0 Å². The van der Waals surface area contributed by atoms with Gasteiger partial charge in [0.2, 0.25) is 0 Å². The van der Waals surface area contributed by atoms with Gasteiger partial charge in [0.15, 0.2) is 5.78 Å². The lowest BCUT2D eigenvalue weighted by molar-refractivity contribution is -0.141. The number of aromatic hydroxyl groups is 1. The van der Waals surface area contributed by atoms with Crippen molar-refractivity contribution >= 4 is 36.2 Å². The minimum Gasteiger partial charge on any atom is -0.508 e. The summed E-state index contributed by atoms with van der Waals surface area (Å²) in [7, 11) is 0. The summed E-state index contributed by atoms with van der Waals surface area (Å²) in [5, 5.41) is 12.2. The SMILES string of the molecule is CC(=O)c1ccc(NC(=O)O[C@H](c2ccc(O)cc2)[C@@H](C)CCOC(=O)CS)cc1. The molecule has 0 aliphatic rings. The lowest BCUT2D eigenvalue weighted by atomic mass is 9.94. The van der Waals surface area contributed by atoms with Gasteiger partial charge < -0.3 is 14.6 Å². The van der Waals surface area contributed by atoms with E-state index in [1.807, 2.05) is 6.92 Å². The predicted molar refractivity (Wildman–Crippen MR) is 116 cm³/mol. The Morgan fingerprint density at radius 1 is 1.07 bits per heavy atom. The maximum absolute atomic E-state index is 12.5. The lowest BCUT2D eigenvalue weighted by Crippen LogP contribution is -2.23. The second kappa shape index (κ2) is 11.3. The second-order valence-electron chi connectivity index (χ2n) is 6.82. The van der Waals surface area contributed by atoms with Gasteiger partial charge in [0.1, 0.15) is 11.9 Å². The van der Waals surface area contributed by atoms with Crippen LogP contribution in [0.2, 0.25) is 0 Å². The summed E-state index contributed by atoms with van der Waals surface area (Å²) < 4.78 is 10.7. The number of esters is 1. The molecule has 0 bridgehead atoms. The molecule has 8 heteroatoms. The minimum absolute atomic E-state index is 0.00288. The fourth-order valence-electron chi connectivity index (χ4n) is 2.78. The normalized spacial score (nSPS) is 12.5. The van der Waals surface area contributed by atoms with E-state index in [-0.39, 0.29) is 29.8 Å². The number of thiol groups is 1. The molecule has 2 atom stereocenters. The van der Waals surface area contributed by atoms with Gasteiger partial charge in [-0.1, -0.05) is 19.1 Å². The number of amides is 1. The van der Waals surface area contributed by atoms with Crippen molar-refractivity contribution in [1.29, 1.82) is 0 Å². The van der Waals surface area contributed by atoms with E-state index < -0.39 is 18.2 Å². The predicted octanol–water partition coefficient (Wildman–Crippen LogP) is 4.38. The maximum Gasteiger partial charge on any atom is 0.412 e. The van der Waals surface area contributed by atoms with Crippen LogP contribution >= 0.6 is 12.6 Å². The van der Waals surface area contributed by atoms with Crippen LogP contribution in [0, 0.1) is 5.92 Å². The van der Waals surface area contributed by atoms with Gasteiger partial charge in [0, 0.05) is 17.2 Å². The highest BCUT2D eigenvalue weighted by atomic mass is 32.1. The summed E-state index contributed by atoms with van der Waals surface area (Å²) in [5.74, 6) is -0.559. The molecule has 2 aromatic carbocycles. The number of phenolic OH excluding ortho intramolecular Hbond substituents is 1. The molecule has 7 nitrogen and oxygen atoms in total. The molecule has 0 saturated heterocycles. The molecule has 0 heterocycles. The van der Waals surface area contributed by atoms with Gasteiger partial charge in [0.05, 0.1) is 12.4 Å². The molecule has 0 radical (unpaired) electrons. The van der Waals surface area contributed by atoms with Crippen LogP contribution in [0.15, 0.2) is 48.5 Å². The summed E-state index contributed by atoms with van der Waals surface area (Å²) in [6.45, 7) is 3.52. The van der Waals surface area contributed by atoms with Crippen molar-refractivity contribution in [3.8, 4) is 5.75 Å². The van der Waals surface area contributed by atoms with Crippen molar-refractivity contribution < 1.29 is 29.0 Å². The molecule has 0 fully saturated rings. The number of carbonyl (C=O) groups excluding carboxylic acids is 3. The average Bonchev–Trinajstić information content (AvgIpc) is 2.73. The first-order chi connectivity index (χ1) is 14.3. The molecular weight excluding hydrogens is 406 g/mol. The molecule has 2 rings (SSSR count). The fourth-order valence-corrected chi connectivity index (χ4v) is 2.87. The van der Waals surface area contributed by atoms with E-state index in [1.165, 1.54) is 19.1 Å². The number of hydrogen-bond donors (Lipinski definition) is 3. The van der Waals surface area contributed by atoms with E-state index in [4.69, 9.17) is 9.47 Å². The van der Waals surface area contributed by atoms with Crippen LogP contribution in [0.25, 0.3) is 0 Å². The third-order valence-electron chi connectivity index (χ3n) is 4.48. The van der Waals surface area contributed by atoms with Gasteiger partial charge in [-0.2, -0.15) is 12.6 Å². The number of hydrogen-bond acceptors (Lipinski definition) is 7. The number of Topliss-reactive ketones (excluding diaryl/α,β-unsaturated/α-hetero) is 1. The van der Waals surface area contributed by atoms with Gasteiger partial charge >= 0.3 is 12.1 Å². The quantitative estimate of drug-likeness (QED) is 0.309. The number of nitrogens with one attached hydrogen (secondary N) is 1. The van der Waals surface area contributed by atoms with Gasteiger partial charge in [-0.25, -0.2) is 4.79 Å². The first-order valence-electron chi connectivity index (χ1n) is 9.44. The Morgan fingerprint density at radius 3 is 2.27 bits per heavy atom. The van der Waals surface area contributed by atoms with Gasteiger partial charge in [-0.15, -0.1) is 0 Å². The topological polar surface area (TPSA) is 102 Å². The molecule has 0 aliphatic heterocycles. The molecule has 160 valence electrons. The number of carbonyl (C=O) groups is 3. The van der Waals surface area contributed by atoms with Crippen LogP contribution in [-0.4, -0.2) is 35.3 Å². The van der Waals surface area contributed by atoms with E-state index in [2.05, 4.69) is 17.9 Å². The van der Waals surface area contributed by atoms with Gasteiger partial charge in [-0.05, 0) is 55.3 Å². The van der Waals surface area contributed by atoms with Crippen LogP contribution < -0.4 is 5.32 Å². The highest BCUT2D eigenvalue weighted by Crippen LogP contribution is 2.30. The molecule has 0 unspecified atom stereocenters. The van der Waals surface area contributed by atoms with Gasteiger partial charge in [-0.3, -0.25) is 14.9 Å². The van der Waals surface area contributed by atoms with E-state index in [1.54, 1.807) is 36.4 Å². The monoisotopic (exact) mass is 431 g/mol. The largest absolute Gasteiger partial charge is 0.508 e. The number of ether oxygens (including phenoxy) is 2.